The Morgan fingerprint density at radius 1 is 1.00 bits per heavy atom. The quantitative estimate of drug-likeness (QED) is 0.257. The highest BCUT2D eigenvalue weighted by Gasteiger charge is 2.24. The fourth-order valence-corrected chi connectivity index (χ4v) is 4.22. The van der Waals surface area contributed by atoms with Crippen molar-refractivity contribution in [3.05, 3.63) is 100 Å². The van der Waals surface area contributed by atoms with Crippen LogP contribution in [0.1, 0.15) is 46.9 Å². The number of allylic oxidation sites excluding steroid dienone is 1. The second-order valence-electron chi connectivity index (χ2n) is 8.57. The van der Waals surface area contributed by atoms with Gasteiger partial charge in [0, 0.05) is 6.61 Å². The Bertz CT molecular complexity index is 1150. The SMILES string of the molecule is CCOCOC1=CCC(Cc2c(C)cc(OCc3ccccc3)c(C)c2C)N=C1c1ccco1. The number of dihydropyridines is 1. The van der Waals surface area contributed by atoms with E-state index in [0.29, 0.717) is 24.7 Å². The third kappa shape index (κ3) is 5.60. The first kappa shape index (κ1) is 23.8. The second-order valence-corrected chi connectivity index (χ2v) is 8.57. The summed E-state index contributed by atoms with van der Waals surface area (Å²) < 4.78 is 23.0. The van der Waals surface area contributed by atoms with Gasteiger partial charge >= 0.3 is 0 Å². The van der Waals surface area contributed by atoms with E-state index in [9.17, 15) is 0 Å². The molecule has 2 aromatic carbocycles. The van der Waals surface area contributed by atoms with Gasteiger partial charge in [-0.25, -0.2) is 0 Å². The van der Waals surface area contributed by atoms with Gasteiger partial charge in [-0.05, 0) is 92.6 Å². The summed E-state index contributed by atoms with van der Waals surface area (Å²) in [5.74, 6) is 2.37. The van der Waals surface area contributed by atoms with E-state index in [-0.39, 0.29) is 12.8 Å². The molecule has 3 aromatic rings. The minimum Gasteiger partial charge on any atom is -0.489 e. The van der Waals surface area contributed by atoms with E-state index in [1.807, 2.05) is 37.3 Å². The Balaban J connectivity index is 1.52. The number of nitrogens with zero attached hydrogens (tertiary/aromatic N) is 1. The molecule has 0 saturated heterocycles. The van der Waals surface area contributed by atoms with Crippen molar-refractivity contribution in [1.29, 1.82) is 0 Å². The van der Waals surface area contributed by atoms with Crippen molar-refractivity contribution in [3.8, 4) is 5.75 Å². The van der Waals surface area contributed by atoms with E-state index in [2.05, 4.69) is 45.0 Å². The van der Waals surface area contributed by atoms with E-state index >= 15 is 0 Å². The first-order valence-corrected chi connectivity index (χ1v) is 11.9. The van der Waals surface area contributed by atoms with Crippen molar-refractivity contribution in [1.82, 2.24) is 0 Å². The fourth-order valence-electron chi connectivity index (χ4n) is 4.22. The first-order valence-electron chi connectivity index (χ1n) is 11.9. The molecule has 2 heterocycles. The summed E-state index contributed by atoms with van der Waals surface area (Å²) in [6, 6.07) is 16.3. The minimum atomic E-state index is 0.104. The van der Waals surface area contributed by atoms with Crippen molar-refractivity contribution < 1.29 is 18.6 Å². The fraction of sp³-hybridized carbons (Fsp3) is 0.345. The molecule has 1 aromatic heterocycles. The summed E-state index contributed by atoms with van der Waals surface area (Å²) in [5, 5.41) is 0. The Morgan fingerprint density at radius 3 is 2.56 bits per heavy atom. The van der Waals surface area contributed by atoms with Crippen LogP contribution in [0.25, 0.3) is 0 Å². The predicted octanol–water partition coefficient (Wildman–Crippen LogP) is 6.48. The number of aliphatic imine (C=N–C) groups is 1. The maximum Gasteiger partial charge on any atom is 0.189 e. The molecule has 0 radical (unpaired) electrons. The number of aryl methyl sites for hydroxylation is 1. The van der Waals surface area contributed by atoms with Gasteiger partial charge in [0.05, 0.1) is 12.3 Å². The Morgan fingerprint density at radius 2 is 1.82 bits per heavy atom. The van der Waals surface area contributed by atoms with Crippen LogP contribution in [0, 0.1) is 20.8 Å². The molecule has 4 rings (SSSR count). The van der Waals surface area contributed by atoms with Crippen molar-refractivity contribution in [2.75, 3.05) is 13.4 Å². The van der Waals surface area contributed by atoms with Gasteiger partial charge in [-0.3, -0.25) is 4.99 Å². The number of furan rings is 1. The Hall–Kier alpha value is -3.31. The second kappa shape index (κ2) is 11.2. The van der Waals surface area contributed by atoms with E-state index in [1.165, 1.54) is 22.3 Å². The van der Waals surface area contributed by atoms with Crippen LogP contribution in [-0.2, 0) is 22.5 Å². The topological polar surface area (TPSA) is 53.2 Å². The van der Waals surface area contributed by atoms with Crippen LogP contribution < -0.4 is 4.74 Å². The predicted molar refractivity (Wildman–Crippen MR) is 134 cm³/mol. The van der Waals surface area contributed by atoms with E-state index in [0.717, 1.165) is 29.9 Å². The van der Waals surface area contributed by atoms with Gasteiger partial charge in [-0.1, -0.05) is 30.3 Å². The largest absolute Gasteiger partial charge is 0.489 e. The van der Waals surface area contributed by atoms with Crippen LogP contribution in [0.15, 0.2) is 76.0 Å². The maximum atomic E-state index is 6.18. The molecule has 5 nitrogen and oxygen atoms in total. The highest BCUT2D eigenvalue weighted by molar-refractivity contribution is 6.10. The lowest BCUT2D eigenvalue weighted by atomic mass is 9.91. The summed E-state index contributed by atoms with van der Waals surface area (Å²) in [6.07, 6.45) is 5.41. The van der Waals surface area contributed by atoms with Crippen molar-refractivity contribution in [3.63, 3.8) is 0 Å². The average molecular weight is 460 g/mol. The summed E-state index contributed by atoms with van der Waals surface area (Å²) in [7, 11) is 0. The van der Waals surface area contributed by atoms with Gasteiger partial charge in [0.1, 0.15) is 23.8 Å². The van der Waals surface area contributed by atoms with E-state index in [4.69, 9.17) is 23.6 Å². The Kier molecular flexibility index (Phi) is 7.86. The molecular weight excluding hydrogens is 426 g/mol. The molecule has 1 aliphatic rings. The molecule has 0 N–H and O–H groups in total. The highest BCUT2D eigenvalue weighted by Crippen LogP contribution is 2.31. The average Bonchev–Trinajstić information content (AvgIpc) is 3.39. The number of rotatable bonds is 10. The molecule has 0 spiro atoms. The molecule has 1 unspecified atom stereocenters. The van der Waals surface area contributed by atoms with Crippen molar-refractivity contribution in [2.45, 2.75) is 53.2 Å². The smallest absolute Gasteiger partial charge is 0.189 e. The van der Waals surface area contributed by atoms with E-state index in [1.54, 1.807) is 6.26 Å². The zero-order valence-electron chi connectivity index (χ0n) is 20.5. The lowest BCUT2D eigenvalue weighted by molar-refractivity contribution is -0.0120. The minimum absolute atomic E-state index is 0.104. The number of ether oxygens (including phenoxy) is 3. The van der Waals surface area contributed by atoms with Crippen LogP contribution >= 0.6 is 0 Å². The van der Waals surface area contributed by atoms with Crippen LogP contribution in [0.4, 0.5) is 0 Å². The summed E-state index contributed by atoms with van der Waals surface area (Å²) >= 11 is 0. The Labute approximate surface area is 202 Å². The molecule has 0 saturated carbocycles. The van der Waals surface area contributed by atoms with Gasteiger partial charge in [0.25, 0.3) is 0 Å². The summed E-state index contributed by atoms with van der Waals surface area (Å²) in [5.41, 5.74) is 6.90. The third-order valence-electron chi connectivity index (χ3n) is 6.26. The molecule has 0 amide bonds. The van der Waals surface area contributed by atoms with Crippen molar-refractivity contribution >= 4 is 5.71 Å². The lowest BCUT2D eigenvalue weighted by Crippen LogP contribution is -2.21. The highest BCUT2D eigenvalue weighted by atomic mass is 16.7. The normalized spacial score (nSPS) is 15.6. The molecule has 1 aliphatic heterocycles. The molecule has 34 heavy (non-hydrogen) atoms. The molecule has 0 fully saturated rings. The van der Waals surface area contributed by atoms with Crippen LogP contribution in [-0.4, -0.2) is 25.2 Å². The van der Waals surface area contributed by atoms with Gasteiger partial charge in [-0.2, -0.15) is 0 Å². The number of hydrogen-bond donors (Lipinski definition) is 0. The zero-order chi connectivity index (χ0) is 23.9. The third-order valence-corrected chi connectivity index (χ3v) is 6.26. The van der Waals surface area contributed by atoms with Crippen molar-refractivity contribution in [2.24, 2.45) is 4.99 Å². The summed E-state index contributed by atoms with van der Waals surface area (Å²) in [6.45, 7) is 9.79. The van der Waals surface area contributed by atoms with Gasteiger partial charge in [-0.15, -0.1) is 0 Å². The van der Waals surface area contributed by atoms with Gasteiger partial charge in [0.15, 0.2) is 12.6 Å². The zero-order valence-corrected chi connectivity index (χ0v) is 20.5. The molecule has 5 heteroatoms. The lowest BCUT2D eigenvalue weighted by Gasteiger charge is -2.23. The van der Waals surface area contributed by atoms with E-state index < -0.39 is 0 Å². The molecule has 178 valence electrons. The molecule has 1 atom stereocenters. The van der Waals surface area contributed by atoms with Crippen LogP contribution in [0.5, 0.6) is 5.75 Å². The van der Waals surface area contributed by atoms with Crippen LogP contribution in [0.2, 0.25) is 0 Å². The monoisotopic (exact) mass is 459 g/mol. The standard InChI is InChI=1S/C29H33NO4/c1-5-31-19-34-27-14-13-24(30-29(27)26-12-9-15-32-26)17-25-20(2)16-28(22(4)21(25)3)33-18-23-10-7-6-8-11-23/h6-12,14-16,24H,5,13,17-19H2,1-4H3. The number of benzene rings is 2. The molecular formula is C29H33NO4. The maximum absolute atomic E-state index is 6.18. The van der Waals surface area contributed by atoms with Gasteiger partial charge in [0.2, 0.25) is 0 Å². The molecule has 0 aliphatic carbocycles. The van der Waals surface area contributed by atoms with Crippen LogP contribution in [0.3, 0.4) is 0 Å². The number of hydrogen-bond acceptors (Lipinski definition) is 5. The summed E-state index contributed by atoms with van der Waals surface area (Å²) in [4.78, 5) is 5.03. The molecule has 0 bridgehead atoms. The van der Waals surface area contributed by atoms with Gasteiger partial charge < -0.3 is 18.6 Å². The first-order chi connectivity index (χ1) is 16.6.